The zero-order valence-corrected chi connectivity index (χ0v) is 16.1. The first-order valence-corrected chi connectivity index (χ1v) is 7.57. The molecule has 0 aliphatic heterocycles. The van der Waals surface area contributed by atoms with Crippen molar-refractivity contribution in [1.82, 2.24) is 10.6 Å². The number of benzene rings is 1. The SMILES string of the molecule is C=CCOc1ccccc1CN=C(NCC)NC(C)CC.I. The number of hydrogen-bond acceptors (Lipinski definition) is 2. The first-order valence-electron chi connectivity index (χ1n) is 7.57. The Morgan fingerprint density at radius 2 is 2.09 bits per heavy atom. The Balaban J connectivity index is 0.00000441. The summed E-state index contributed by atoms with van der Waals surface area (Å²) < 4.78 is 5.65. The van der Waals surface area contributed by atoms with Crippen molar-refractivity contribution in [2.75, 3.05) is 13.2 Å². The second-order valence-corrected chi connectivity index (χ2v) is 4.86. The van der Waals surface area contributed by atoms with E-state index in [2.05, 4.69) is 43.0 Å². The van der Waals surface area contributed by atoms with Crippen LogP contribution in [0.5, 0.6) is 5.75 Å². The van der Waals surface area contributed by atoms with Crippen molar-refractivity contribution >= 4 is 29.9 Å². The van der Waals surface area contributed by atoms with Crippen LogP contribution in [0.25, 0.3) is 0 Å². The minimum atomic E-state index is 0. The highest BCUT2D eigenvalue weighted by atomic mass is 127. The third-order valence-electron chi connectivity index (χ3n) is 3.08. The molecule has 0 aromatic heterocycles. The zero-order chi connectivity index (χ0) is 15.5. The monoisotopic (exact) mass is 417 g/mol. The molecule has 1 rings (SSSR count). The Labute approximate surface area is 151 Å². The van der Waals surface area contributed by atoms with Gasteiger partial charge in [0.1, 0.15) is 12.4 Å². The Hall–Kier alpha value is -1.24. The molecule has 5 heteroatoms. The fourth-order valence-electron chi connectivity index (χ4n) is 1.74. The maximum atomic E-state index is 5.65. The highest BCUT2D eigenvalue weighted by Crippen LogP contribution is 2.18. The van der Waals surface area contributed by atoms with Crippen LogP contribution in [0.3, 0.4) is 0 Å². The number of halogens is 1. The quantitative estimate of drug-likeness (QED) is 0.293. The molecule has 0 aliphatic rings. The van der Waals surface area contributed by atoms with Crippen molar-refractivity contribution in [2.24, 2.45) is 4.99 Å². The van der Waals surface area contributed by atoms with Crippen LogP contribution in [0.1, 0.15) is 32.8 Å². The van der Waals surface area contributed by atoms with Gasteiger partial charge in [-0.15, -0.1) is 24.0 Å². The number of aliphatic imine (C=N–C) groups is 1. The van der Waals surface area contributed by atoms with E-state index in [0.717, 1.165) is 30.2 Å². The summed E-state index contributed by atoms with van der Waals surface area (Å²) in [5.74, 6) is 1.70. The Kier molecular flexibility index (Phi) is 11.6. The van der Waals surface area contributed by atoms with E-state index in [0.29, 0.717) is 19.2 Å². The van der Waals surface area contributed by atoms with E-state index in [4.69, 9.17) is 4.74 Å². The summed E-state index contributed by atoms with van der Waals surface area (Å²) in [4.78, 5) is 4.63. The van der Waals surface area contributed by atoms with E-state index in [-0.39, 0.29) is 24.0 Å². The van der Waals surface area contributed by atoms with Crippen molar-refractivity contribution in [1.29, 1.82) is 0 Å². The molecule has 0 aliphatic carbocycles. The molecule has 2 N–H and O–H groups in total. The molecule has 0 saturated carbocycles. The van der Waals surface area contributed by atoms with Crippen molar-refractivity contribution < 1.29 is 4.74 Å². The molecule has 4 nitrogen and oxygen atoms in total. The molecule has 0 radical (unpaired) electrons. The fourth-order valence-corrected chi connectivity index (χ4v) is 1.74. The van der Waals surface area contributed by atoms with E-state index in [9.17, 15) is 0 Å². The maximum Gasteiger partial charge on any atom is 0.191 e. The fraction of sp³-hybridized carbons (Fsp3) is 0.471. The molecule has 0 amide bonds. The molecule has 0 saturated heterocycles. The molecule has 22 heavy (non-hydrogen) atoms. The minimum absolute atomic E-state index is 0. The Bertz CT molecular complexity index is 463. The summed E-state index contributed by atoms with van der Waals surface area (Å²) in [7, 11) is 0. The van der Waals surface area contributed by atoms with Gasteiger partial charge in [0, 0.05) is 18.2 Å². The normalized spacial score (nSPS) is 12.0. The highest BCUT2D eigenvalue weighted by Gasteiger charge is 2.05. The van der Waals surface area contributed by atoms with Crippen LogP contribution >= 0.6 is 24.0 Å². The van der Waals surface area contributed by atoms with Gasteiger partial charge < -0.3 is 15.4 Å². The van der Waals surface area contributed by atoms with Gasteiger partial charge in [-0.25, -0.2) is 4.99 Å². The van der Waals surface area contributed by atoms with Crippen LogP contribution in [0.15, 0.2) is 41.9 Å². The van der Waals surface area contributed by atoms with Gasteiger partial charge in [0.15, 0.2) is 5.96 Å². The Morgan fingerprint density at radius 1 is 1.36 bits per heavy atom. The van der Waals surface area contributed by atoms with Gasteiger partial charge in [0.2, 0.25) is 0 Å². The number of ether oxygens (including phenoxy) is 1. The lowest BCUT2D eigenvalue weighted by Crippen LogP contribution is -2.41. The van der Waals surface area contributed by atoms with Crippen molar-refractivity contribution in [3.63, 3.8) is 0 Å². The molecule has 124 valence electrons. The second-order valence-electron chi connectivity index (χ2n) is 4.86. The third kappa shape index (κ3) is 7.68. The predicted molar refractivity (Wildman–Crippen MR) is 105 cm³/mol. The first-order chi connectivity index (χ1) is 10.2. The number of guanidine groups is 1. The third-order valence-corrected chi connectivity index (χ3v) is 3.08. The summed E-state index contributed by atoms with van der Waals surface area (Å²) in [6.07, 6.45) is 2.80. The molecular formula is C17H28IN3O. The predicted octanol–water partition coefficient (Wildman–Crippen LogP) is 3.72. The summed E-state index contributed by atoms with van der Waals surface area (Å²) in [5.41, 5.74) is 1.07. The van der Waals surface area contributed by atoms with Gasteiger partial charge in [0.05, 0.1) is 6.54 Å². The van der Waals surface area contributed by atoms with Gasteiger partial charge in [-0.2, -0.15) is 0 Å². The lowest BCUT2D eigenvalue weighted by atomic mass is 10.2. The number of para-hydroxylation sites is 1. The van der Waals surface area contributed by atoms with Crippen molar-refractivity contribution in [3.05, 3.63) is 42.5 Å². The van der Waals surface area contributed by atoms with E-state index in [1.54, 1.807) is 6.08 Å². The first kappa shape index (κ1) is 20.8. The molecule has 1 atom stereocenters. The van der Waals surface area contributed by atoms with E-state index in [1.165, 1.54) is 0 Å². The summed E-state index contributed by atoms with van der Waals surface area (Å²) in [6.45, 7) is 12.0. The van der Waals surface area contributed by atoms with E-state index < -0.39 is 0 Å². The van der Waals surface area contributed by atoms with Gasteiger partial charge >= 0.3 is 0 Å². The van der Waals surface area contributed by atoms with Gasteiger partial charge in [0.25, 0.3) is 0 Å². The van der Waals surface area contributed by atoms with Crippen LogP contribution in [-0.2, 0) is 6.54 Å². The second kappa shape index (κ2) is 12.3. The standard InChI is InChI=1S/C17H27N3O.HI/c1-5-12-21-16-11-9-8-10-15(16)13-19-17(18-7-3)20-14(4)6-2;/h5,8-11,14H,1,6-7,12-13H2,2-4H3,(H2,18,19,20);1H. The molecule has 1 aromatic rings. The smallest absolute Gasteiger partial charge is 0.191 e. The van der Waals surface area contributed by atoms with Crippen LogP contribution in [0.2, 0.25) is 0 Å². The lowest BCUT2D eigenvalue weighted by molar-refractivity contribution is 0.359. The summed E-state index contributed by atoms with van der Waals surface area (Å²) in [5, 5.41) is 6.64. The van der Waals surface area contributed by atoms with E-state index in [1.807, 2.05) is 24.3 Å². The van der Waals surface area contributed by atoms with Gasteiger partial charge in [-0.05, 0) is 26.3 Å². The maximum absolute atomic E-state index is 5.65. The number of nitrogens with one attached hydrogen (secondary N) is 2. The largest absolute Gasteiger partial charge is 0.489 e. The van der Waals surface area contributed by atoms with Crippen LogP contribution in [0.4, 0.5) is 0 Å². The van der Waals surface area contributed by atoms with Crippen LogP contribution in [0, 0.1) is 0 Å². The summed E-state index contributed by atoms with van der Waals surface area (Å²) >= 11 is 0. The van der Waals surface area contributed by atoms with Gasteiger partial charge in [-0.1, -0.05) is 37.8 Å². The number of nitrogens with zero attached hydrogens (tertiary/aromatic N) is 1. The zero-order valence-electron chi connectivity index (χ0n) is 13.8. The lowest BCUT2D eigenvalue weighted by Gasteiger charge is -2.16. The summed E-state index contributed by atoms with van der Waals surface area (Å²) in [6, 6.07) is 8.36. The average molecular weight is 417 g/mol. The van der Waals surface area contributed by atoms with Crippen LogP contribution in [-0.4, -0.2) is 25.2 Å². The molecule has 1 aromatic carbocycles. The molecule has 0 spiro atoms. The minimum Gasteiger partial charge on any atom is -0.489 e. The molecule has 1 unspecified atom stereocenters. The highest BCUT2D eigenvalue weighted by molar-refractivity contribution is 14.0. The number of hydrogen-bond donors (Lipinski definition) is 2. The van der Waals surface area contributed by atoms with E-state index >= 15 is 0 Å². The molecule has 0 fully saturated rings. The van der Waals surface area contributed by atoms with Crippen LogP contribution < -0.4 is 15.4 Å². The molecular weight excluding hydrogens is 389 g/mol. The average Bonchev–Trinajstić information content (AvgIpc) is 2.51. The molecule has 0 bridgehead atoms. The van der Waals surface area contributed by atoms with Crippen molar-refractivity contribution in [2.45, 2.75) is 39.8 Å². The number of rotatable bonds is 8. The van der Waals surface area contributed by atoms with Gasteiger partial charge in [-0.3, -0.25) is 0 Å². The molecule has 0 heterocycles. The topological polar surface area (TPSA) is 45.6 Å². The van der Waals surface area contributed by atoms with Crippen molar-refractivity contribution in [3.8, 4) is 5.75 Å². The Morgan fingerprint density at radius 3 is 2.73 bits per heavy atom.